The molecule has 13 nitrogen and oxygen atoms in total. The molecule has 0 spiro atoms. The van der Waals surface area contributed by atoms with E-state index in [0.717, 1.165) is 11.1 Å². The van der Waals surface area contributed by atoms with Crippen molar-refractivity contribution in [1.29, 1.82) is 0 Å². The van der Waals surface area contributed by atoms with Crippen molar-refractivity contribution in [2.45, 2.75) is 13.0 Å². The Kier molecular flexibility index (Phi) is 9.14. The Morgan fingerprint density at radius 1 is 1.13 bits per heavy atom. The predicted molar refractivity (Wildman–Crippen MR) is 167 cm³/mol. The van der Waals surface area contributed by atoms with Crippen molar-refractivity contribution in [2.75, 3.05) is 52.0 Å². The number of thiazole rings is 1. The topological polar surface area (TPSA) is 158 Å². The molecule has 3 aromatic heterocycles. The van der Waals surface area contributed by atoms with Gasteiger partial charge in [-0.1, -0.05) is 0 Å². The van der Waals surface area contributed by atoms with E-state index in [4.69, 9.17) is 18.9 Å². The predicted octanol–water partition coefficient (Wildman–Crippen LogP) is 4.22. The number of hydrogen-bond donors (Lipinski definition) is 2. The summed E-state index contributed by atoms with van der Waals surface area (Å²) in [4.78, 5) is 44.3. The molecule has 5 aromatic rings. The standard InChI is InChI=1S/C31H29FN6O7S/c1-17-9-20(28-24(10-17)36-27(42-2)14-34-28)29-37-23-11-21(32)25(12-26(23)46-29)44-7-8-45-31(41)35-18-3-4-22(33-13-18)30(40)38-5-6-43-16-19(38)15-39/h3-4,9-14,19,39H,5-8,15-16H2,1-2H3,(H,35,41). The first-order chi connectivity index (χ1) is 22.3. The molecule has 15 heteroatoms. The van der Waals surface area contributed by atoms with E-state index in [1.165, 1.54) is 47.7 Å². The summed E-state index contributed by atoms with van der Waals surface area (Å²) in [5.74, 6) is -0.540. The van der Waals surface area contributed by atoms with Crippen molar-refractivity contribution in [2.24, 2.45) is 0 Å². The molecule has 0 saturated carbocycles. The molecule has 4 heterocycles. The van der Waals surface area contributed by atoms with Gasteiger partial charge in [0.2, 0.25) is 5.88 Å². The Bertz CT molecular complexity index is 1900. The average molecular weight is 649 g/mol. The number of carbonyl (C=O) groups is 2. The minimum Gasteiger partial charge on any atom is -0.487 e. The van der Waals surface area contributed by atoms with Crippen LogP contribution in [0, 0.1) is 12.7 Å². The van der Waals surface area contributed by atoms with Gasteiger partial charge in [-0.05, 0) is 36.8 Å². The third-order valence-corrected chi connectivity index (χ3v) is 8.20. The molecule has 1 atom stereocenters. The lowest BCUT2D eigenvalue weighted by Gasteiger charge is -2.34. The highest BCUT2D eigenvalue weighted by Gasteiger charge is 2.28. The number of carbonyl (C=O) groups excluding carboxylic acids is 2. The number of pyridine rings is 1. The molecule has 1 aliphatic heterocycles. The average Bonchev–Trinajstić information content (AvgIpc) is 3.48. The SMILES string of the molecule is COc1cnc2c(-c3nc4cc(F)c(OCCOC(=O)Nc5ccc(C(=O)N6CCOCC6CO)nc5)cc4s3)cc(C)cc2n1. The van der Waals surface area contributed by atoms with Gasteiger partial charge in [0.1, 0.15) is 23.9 Å². The maximum absolute atomic E-state index is 14.9. The Hall–Kier alpha value is -4.99. The number of nitrogens with one attached hydrogen (secondary N) is 1. The highest BCUT2D eigenvalue weighted by molar-refractivity contribution is 7.21. The zero-order valence-electron chi connectivity index (χ0n) is 24.9. The summed E-state index contributed by atoms with van der Waals surface area (Å²) >= 11 is 1.37. The summed E-state index contributed by atoms with van der Waals surface area (Å²) in [6.07, 6.45) is 2.10. The van der Waals surface area contributed by atoms with Crippen LogP contribution in [0.15, 0.2) is 48.8 Å². The molecule has 6 rings (SSSR count). The second kappa shape index (κ2) is 13.6. The first-order valence-corrected chi connectivity index (χ1v) is 15.1. The Balaban J connectivity index is 1.04. The van der Waals surface area contributed by atoms with E-state index in [1.807, 2.05) is 19.1 Å². The van der Waals surface area contributed by atoms with E-state index in [2.05, 4.69) is 25.3 Å². The van der Waals surface area contributed by atoms with Gasteiger partial charge in [0, 0.05) is 24.2 Å². The number of aliphatic hydroxyl groups is 1. The number of aliphatic hydroxyl groups excluding tert-OH is 1. The Labute approximate surface area is 265 Å². The van der Waals surface area contributed by atoms with Crippen LogP contribution in [0.2, 0.25) is 0 Å². The van der Waals surface area contributed by atoms with Crippen molar-refractivity contribution in [3.8, 4) is 22.2 Å². The highest BCUT2D eigenvalue weighted by atomic mass is 32.1. The van der Waals surface area contributed by atoms with Gasteiger partial charge in [0.25, 0.3) is 5.91 Å². The van der Waals surface area contributed by atoms with Crippen LogP contribution in [-0.4, -0.2) is 94.7 Å². The monoisotopic (exact) mass is 648 g/mol. The lowest BCUT2D eigenvalue weighted by molar-refractivity contribution is -0.0186. The molecule has 2 amide bonds. The van der Waals surface area contributed by atoms with E-state index in [-0.39, 0.29) is 43.8 Å². The van der Waals surface area contributed by atoms with Gasteiger partial charge < -0.3 is 29.0 Å². The highest BCUT2D eigenvalue weighted by Crippen LogP contribution is 2.37. The van der Waals surface area contributed by atoms with Gasteiger partial charge >= 0.3 is 6.09 Å². The van der Waals surface area contributed by atoms with E-state index >= 15 is 0 Å². The second-order valence-corrected chi connectivity index (χ2v) is 11.3. The minimum absolute atomic E-state index is 0.00139. The largest absolute Gasteiger partial charge is 0.487 e. The third-order valence-electron chi connectivity index (χ3n) is 7.15. The fourth-order valence-corrected chi connectivity index (χ4v) is 5.91. The van der Waals surface area contributed by atoms with Crippen molar-refractivity contribution >= 4 is 50.3 Å². The molecule has 1 saturated heterocycles. The van der Waals surface area contributed by atoms with E-state index in [9.17, 15) is 19.1 Å². The summed E-state index contributed by atoms with van der Waals surface area (Å²) in [5.41, 5.74) is 4.01. The van der Waals surface area contributed by atoms with E-state index < -0.39 is 18.0 Å². The van der Waals surface area contributed by atoms with Crippen LogP contribution in [-0.2, 0) is 9.47 Å². The molecular weight excluding hydrogens is 619 g/mol. The fourth-order valence-electron chi connectivity index (χ4n) is 4.92. The summed E-state index contributed by atoms with van der Waals surface area (Å²) in [6.45, 7) is 2.46. The van der Waals surface area contributed by atoms with Gasteiger partial charge in [-0.3, -0.25) is 10.1 Å². The number of methoxy groups -OCH3 is 1. The normalized spacial score (nSPS) is 14.8. The van der Waals surface area contributed by atoms with Gasteiger partial charge in [0.15, 0.2) is 11.6 Å². The summed E-state index contributed by atoms with van der Waals surface area (Å²) in [7, 11) is 1.53. The Morgan fingerprint density at radius 3 is 2.78 bits per heavy atom. The molecule has 0 radical (unpaired) electrons. The van der Waals surface area contributed by atoms with E-state index in [1.54, 1.807) is 12.3 Å². The van der Waals surface area contributed by atoms with Crippen LogP contribution in [0.4, 0.5) is 14.9 Å². The van der Waals surface area contributed by atoms with Crippen molar-refractivity contribution in [3.63, 3.8) is 0 Å². The van der Waals surface area contributed by atoms with Crippen LogP contribution in [0.1, 0.15) is 16.1 Å². The quantitative estimate of drug-likeness (QED) is 0.221. The van der Waals surface area contributed by atoms with Gasteiger partial charge in [-0.25, -0.2) is 29.1 Å². The number of morpholine rings is 1. The molecule has 2 aromatic carbocycles. The molecule has 0 bridgehead atoms. The zero-order valence-corrected chi connectivity index (χ0v) is 25.7. The maximum Gasteiger partial charge on any atom is 0.411 e. The number of hydrogen-bond acceptors (Lipinski definition) is 12. The minimum atomic E-state index is -0.771. The number of aromatic nitrogens is 4. The first kappa shape index (κ1) is 31.0. The summed E-state index contributed by atoms with van der Waals surface area (Å²) in [6, 6.07) is 9.28. The van der Waals surface area contributed by atoms with Crippen LogP contribution in [0.3, 0.4) is 0 Å². The van der Waals surface area contributed by atoms with Crippen molar-refractivity contribution in [1.82, 2.24) is 24.8 Å². The number of ether oxygens (including phenoxy) is 4. The zero-order chi connectivity index (χ0) is 32.2. The number of fused-ring (bicyclic) bond motifs is 2. The number of benzene rings is 2. The summed E-state index contributed by atoms with van der Waals surface area (Å²) in [5, 5.41) is 12.7. The fraction of sp³-hybridized carbons (Fsp3) is 0.290. The van der Waals surface area contributed by atoms with Crippen LogP contribution in [0.5, 0.6) is 11.6 Å². The number of aryl methyl sites for hydroxylation is 1. The van der Waals surface area contributed by atoms with Crippen molar-refractivity contribution < 1.29 is 38.0 Å². The second-order valence-electron chi connectivity index (χ2n) is 10.3. The van der Waals surface area contributed by atoms with Crippen LogP contribution < -0.4 is 14.8 Å². The van der Waals surface area contributed by atoms with Crippen molar-refractivity contribution in [3.05, 3.63) is 65.9 Å². The number of rotatable bonds is 9. The molecule has 1 aliphatic rings. The third kappa shape index (κ3) is 6.66. The number of halogens is 1. The lowest BCUT2D eigenvalue weighted by Crippen LogP contribution is -2.50. The smallest absolute Gasteiger partial charge is 0.411 e. The van der Waals surface area contributed by atoms with Gasteiger partial charge in [-0.2, -0.15) is 0 Å². The van der Waals surface area contributed by atoms with Crippen LogP contribution in [0.25, 0.3) is 31.8 Å². The number of anilines is 1. The molecular formula is C31H29FN6O7S. The maximum atomic E-state index is 14.9. The molecule has 46 heavy (non-hydrogen) atoms. The number of nitrogens with zero attached hydrogens (tertiary/aromatic N) is 5. The van der Waals surface area contributed by atoms with E-state index in [0.29, 0.717) is 51.0 Å². The lowest BCUT2D eigenvalue weighted by atomic mass is 10.1. The molecule has 1 unspecified atom stereocenters. The first-order valence-electron chi connectivity index (χ1n) is 14.3. The molecule has 1 fully saturated rings. The van der Waals surface area contributed by atoms with Gasteiger partial charge in [-0.15, -0.1) is 11.3 Å². The number of amides is 2. The molecule has 2 N–H and O–H groups in total. The summed E-state index contributed by atoms with van der Waals surface area (Å²) < 4.78 is 36.8. The van der Waals surface area contributed by atoms with Crippen LogP contribution >= 0.6 is 11.3 Å². The molecule has 0 aliphatic carbocycles. The molecule has 238 valence electrons. The van der Waals surface area contributed by atoms with Gasteiger partial charge in [0.05, 0.1) is 72.3 Å². The Morgan fingerprint density at radius 2 is 2.00 bits per heavy atom.